The minimum absolute atomic E-state index is 0. The third-order valence-electron chi connectivity index (χ3n) is 6.46. The molecule has 0 unspecified atom stereocenters. The molecule has 37 heavy (non-hydrogen) atoms. The third-order valence-corrected chi connectivity index (χ3v) is 7.60. The Morgan fingerprint density at radius 3 is 1.14 bits per heavy atom. The normalized spacial score (nSPS) is 13.0. The summed E-state index contributed by atoms with van der Waals surface area (Å²) < 4.78 is 19.4. The van der Waals surface area contributed by atoms with Gasteiger partial charge in [0.25, 0.3) is 0 Å². The summed E-state index contributed by atoms with van der Waals surface area (Å²) in [6.07, 6.45) is 0. The molecule has 2 aromatic carbocycles. The van der Waals surface area contributed by atoms with Gasteiger partial charge in [0.1, 0.15) is 11.5 Å². The molecule has 0 bridgehead atoms. The van der Waals surface area contributed by atoms with Crippen LogP contribution in [0.4, 0.5) is 0 Å². The van der Waals surface area contributed by atoms with Gasteiger partial charge in [0.2, 0.25) is 0 Å². The molecule has 3 nitrogen and oxygen atoms in total. The summed E-state index contributed by atoms with van der Waals surface area (Å²) in [7, 11) is -1.65. The third kappa shape index (κ3) is 8.68. The summed E-state index contributed by atoms with van der Waals surface area (Å²) in [6, 6.07) is 9.08. The summed E-state index contributed by atoms with van der Waals surface area (Å²) in [5, 5.41) is 0. The molecular weight excluding hydrogens is 494 g/mol. The Balaban J connectivity index is 0.00000684. The molecule has 0 aliphatic rings. The number of rotatable bonds is 6. The summed E-state index contributed by atoms with van der Waals surface area (Å²) in [5.41, 5.74) is 7.13. The number of hydrogen-bond acceptors (Lipinski definition) is 3. The Kier molecular flexibility index (Phi) is 10.9. The zero-order valence-corrected chi connectivity index (χ0v) is 28.3. The first-order chi connectivity index (χ1) is 16.2. The van der Waals surface area contributed by atoms with Crippen LogP contribution in [0.2, 0.25) is 0 Å². The quantitative estimate of drug-likeness (QED) is 0.337. The molecule has 0 saturated heterocycles. The maximum atomic E-state index is 6.66. The van der Waals surface area contributed by atoms with Gasteiger partial charge in [-0.2, -0.15) is 0 Å². The zero-order chi connectivity index (χ0) is 27.9. The van der Waals surface area contributed by atoms with Gasteiger partial charge in [0.05, 0.1) is 6.61 Å². The number of aryl methyl sites for hydroxylation is 2. The second-order valence-corrected chi connectivity index (χ2v) is 15.2. The summed E-state index contributed by atoms with van der Waals surface area (Å²) in [6.45, 7) is 33.7. The van der Waals surface area contributed by atoms with Gasteiger partial charge in [-0.05, 0) is 64.7 Å². The van der Waals surface area contributed by atoms with Crippen LogP contribution in [0.1, 0.15) is 123 Å². The lowest BCUT2D eigenvalue weighted by atomic mass is 9.79. The minimum Gasteiger partial charge on any atom is -0.577 e. The standard InChI is InChI=1S/C32H51O3P.H2P/c1-16-33-36(34-27-21(2)17-23(29(4,5)6)19-25(27)31(10,11)12)35-28-22(3)18-24(30(7,8)9)20-26(28)32(13,14)15;/h17-20H,16H2,1-15H3;1H2/q;-1. The maximum Gasteiger partial charge on any atom is 0.463 e. The highest BCUT2D eigenvalue weighted by Crippen LogP contribution is 2.50. The van der Waals surface area contributed by atoms with E-state index in [1.165, 1.54) is 22.3 Å². The zero-order valence-electron chi connectivity index (χ0n) is 26.3. The highest BCUT2D eigenvalue weighted by molar-refractivity contribution is 7.42. The number of hydrogen-bond donors (Lipinski definition) is 0. The topological polar surface area (TPSA) is 27.7 Å². The van der Waals surface area contributed by atoms with Crippen molar-refractivity contribution in [3.8, 4) is 11.5 Å². The summed E-state index contributed by atoms with van der Waals surface area (Å²) in [5.74, 6) is 1.74. The lowest BCUT2D eigenvalue weighted by Gasteiger charge is -2.31. The van der Waals surface area contributed by atoms with Crippen molar-refractivity contribution in [1.29, 1.82) is 0 Å². The first-order valence-electron chi connectivity index (χ1n) is 13.3. The molecule has 0 aliphatic heterocycles. The molecule has 0 heterocycles. The van der Waals surface area contributed by atoms with E-state index in [0.717, 1.165) is 22.6 Å². The van der Waals surface area contributed by atoms with E-state index < -0.39 is 8.60 Å². The van der Waals surface area contributed by atoms with Crippen molar-refractivity contribution in [2.24, 2.45) is 0 Å². The van der Waals surface area contributed by atoms with Gasteiger partial charge in [-0.25, -0.2) is 0 Å². The van der Waals surface area contributed by atoms with Crippen molar-refractivity contribution < 1.29 is 13.6 Å². The molecule has 5 heteroatoms. The fraction of sp³-hybridized carbons (Fsp3) is 0.625. The Hall–Kier alpha value is -1.14. The average Bonchev–Trinajstić information content (AvgIpc) is 2.67. The van der Waals surface area contributed by atoms with Crippen LogP contribution >= 0.6 is 18.5 Å². The number of benzene rings is 2. The van der Waals surface area contributed by atoms with Crippen molar-refractivity contribution in [1.82, 2.24) is 0 Å². The fourth-order valence-corrected chi connectivity index (χ4v) is 5.23. The average molecular weight is 548 g/mol. The first kappa shape index (κ1) is 33.9. The lowest BCUT2D eigenvalue weighted by Crippen LogP contribution is -2.19. The lowest BCUT2D eigenvalue weighted by molar-refractivity contribution is 0.275. The van der Waals surface area contributed by atoms with E-state index >= 15 is 0 Å². The van der Waals surface area contributed by atoms with E-state index in [1.54, 1.807) is 0 Å². The van der Waals surface area contributed by atoms with Crippen LogP contribution in [-0.2, 0) is 26.2 Å². The van der Waals surface area contributed by atoms with Crippen molar-refractivity contribution >= 4 is 18.5 Å². The monoisotopic (exact) mass is 547 g/mol. The van der Waals surface area contributed by atoms with Crippen molar-refractivity contribution in [2.45, 2.75) is 126 Å². The predicted molar refractivity (Wildman–Crippen MR) is 167 cm³/mol. The van der Waals surface area contributed by atoms with Crippen LogP contribution in [0, 0.1) is 13.8 Å². The molecule has 2 rings (SSSR count). The van der Waals surface area contributed by atoms with Gasteiger partial charge in [-0.3, -0.25) is 4.52 Å². The molecule has 2 aromatic rings. The molecule has 0 fully saturated rings. The van der Waals surface area contributed by atoms with Crippen LogP contribution in [0.5, 0.6) is 11.5 Å². The second-order valence-electron chi connectivity index (χ2n) is 14.2. The summed E-state index contributed by atoms with van der Waals surface area (Å²) in [4.78, 5) is 0. The van der Waals surface area contributed by atoms with Gasteiger partial charge in [0.15, 0.2) is 0 Å². The highest BCUT2D eigenvalue weighted by Gasteiger charge is 2.31. The molecule has 0 atom stereocenters. The van der Waals surface area contributed by atoms with E-state index in [9.17, 15) is 0 Å². The van der Waals surface area contributed by atoms with E-state index in [0.29, 0.717) is 6.61 Å². The van der Waals surface area contributed by atoms with Gasteiger partial charge < -0.3 is 18.9 Å². The van der Waals surface area contributed by atoms with Crippen LogP contribution in [0.3, 0.4) is 0 Å². The largest absolute Gasteiger partial charge is 0.577 e. The molecule has 0 aliphatic carbocycles. The molecule has 0 amide bonds. The summed E-state index contributed by atoms with van der Waals surface area (Å²) >= 11 is 0. The molecule has 0 radical (unpaired) electrons. The van der Waals surface area contributed by atoms with Gasteiger partial charge >= 0.3 is 8.60 Å². The molecule has 0 aromatic heterocycles. The Labute approximate surface area is 233 Å². The Morgan fingerprint density at radius 2 is 0.892 bits per heavy atom. The SMILES string of the molecule is CCOP(Oc1c(C)cc(C(C)(C)C)cc1C(C)(C)C)Oc1c(C)cc(C(C)(C)C)cc1C(C)(C)C.[PH2-]. The van der Waals surface area contributed by atoms with Crippen molar-refractivity contribution in [3.63, 3.8) is 0 Å². The van der Waals surface area contributed by atoms with Crippen molar-refractivity contribution in [2.75, 3.05) is 6.61 Å². The Morgan fingerprint density at radius 1 is 0.568 bits per heavy atom. The molecular formula is C32H53O3P2-. The van der Waals surface area contributed by atoms with E-state index in [2.05, 4.69) is 121 Å². The van der Waals surface area contributed by atoms with Gasteiger partial charge in [-0.15, -0.1) is 0 Å². The first-order valence-corrected chi connectivity index (χ1v) is 14.4. The minimum atomic E-state index is -1.65. The molecule has 210 valence electrons. The second kappa shape index (κ2) is 11.9. The molecule has 0 saturated carbocycles. The highest BCUT2D eigenvalue weighted by atomic mass is 31.2. The van der Waals surface area contributed by atoms with Crippen molar-refractivity contribution in [3.05, 3.63) is 57.6 Å². The van der Waals surface area contributed by atoms with E-state index in [-0.39, 0.29) is 31.6 Å². The van der Waals surface area contributed by atoms with E-state index in [4.69, 9.17) is 13.6 Å². The fourth-order valence-electron chi connectivity index (χ4n) is 4.10. The predicted octanol–water partition coefficient (Wildman–Crippen LogP) is 10.5. The Bertz CT molecular complexity index is 978. The van der Waals surface area contributed by atoms with Crippen LogP contribution in [0.25, 0.3) is 0 Å². The molecule has 0 N–H and O–H groups in total. The van der Waals surface area contributed by atoms with Crippen LogP contribution in [0.15, 0.2) is 24.3 Å². The van der Waals surface area contributed by atoms with Gasteiger partial charge in [-0.1, -0.05) is 107 Å². The van der Waals surface area contributed by atoms with Crippen LogP contribution < -0.4 is 9.05 Å². The van der Waals surface area contributed by atoms with Gasteiger partial charge in [0, 0.05) is 11.1 Å². The smallest absolute Gasteiger partial charge is 0.463 e. The molecule has 0 spiro atoms. The van der Waals surface area contributed by atoms with E-state index in [1.807, 2.05) is 6.92 Å². The van der Waals surface area contributed by atoms with Crippen LogP contribution in [-0.4, -0.2) is 6.61 Å². The maximum absolute atomic E-state index is 6.66.